The largest absolute Gasteiger partial charge is 0.369 e. The molecular formula is C16H24ClN3O. The number of carbonyl (C=O) groups excluding carboxylic acids is 1. The zero-order valence-corrected chi connectivity index (χ0v) is 13.6. The van der Waals surface area contributed by atoms with Gasteiger partial charge in [-0.1, -0.05) is 17.7 Å². The van der Waals surface area contributed by atoms with Gasteiger partial charge in [0.15, 0.2) is 0 Å². The van der Waals surface area contributed by atoms with Gasteiger partial charge in [-0.3, -0.25) is 9.69 Å². The van der Waals surface area contributed by atoms with Crippen LogP contribution in [0.5, 0.6) is 0 Å². The lowest BCUT2D eigenvalue weighted by Crippen LogP contribution is -2.50. The van der Waals surface area contributed by atoms with Crippen LogP contribution in [-0.4, -0.2) is 61.5 Å². The van der Waals surface area contributed by atoms with Crippen LogP contribution in [0.25, 0.3) is 0 Å². The summed E-state index contributed by atoms with van der Waals surface area (Å²) < 4.78 is 0. The predicted octanol–water partition coefficient (Wildman–Crippen LogP) is 2.33. The van der Waals surface area contributed by atoms with Crippen LogP contribution < -0.4 is 4.90 Å². The average Bonchev–Trinajstić information content (AvgIpc) is 2.49. The van der Waals surface area contributed by atoms with Gasteiger partial charge in [-0.05, 0) is 32.0 Å². The average molecular weight is 310 g/mol. The van der Waals surface area contributed by atoms with Crippen molar-refractivity contribution in [2.75, 3.05) is 50.7 Å². The van der Waals surface area contributed by atoms with Crippen LogP contribution in [0, 0.1) is 0 Å². The molecule has 0 radical (unpaired) electrons. The third kappa shape index (κ3) is 4.35. The van der Waals surface area contributed by atoms with Gasteiger partial charge in [0.25, 0.3) is 0 Å². The number of anilines is 1. The van der Waals surface area contributed by atoms with E-state index in [0.29, 0.717) is 6.54 Å². The van der Waals surface area contributed by atoms with Crippen LogP contribution in [0.3, 0.4) is 0 Å². The highest BCUT2D eigenvalue weighted by Crippen LogP contribution is 2.20. The van der Waals surface area contributed by atoms with Gasteiger partial charge in [0.2, 0.25) is 5.91 Å². The summed E-state index contributed by atoms with van der Waals surface area (Å²) in [6.07, 6.45) is 0. The summed E-state index contributed by atoms with van der Waals surface area (Å²) in [5.41, 5.74) is 1.16. The van der Waals surface area contributed by atoms with Crippen LogP contribution in [-0.2, 0) is 4.79 Å². The van der Waals surface area contributed by atoms with Crippen molar-refractivity contribution in [2.24, 2.45) is 0 Å². The SMILES string of the molecule is CCN(CC)C(=O)CN1CCN(c2cccc(Cl)c2)CC1. The van der Waals surface area contributed by atoms with Crippen LogP contribution in [0.4, 0.5) is 5.69 Å². The summed E-state index contributed by atoms with van der Waals surface area (Å²) >= 11 is 6.04. The Balaban J connectivity index is 1.84. The molecule has 1 aliphatic rings. The lowest BCUT2D eigenvalue weighted by Gasteiger charge is -2.36. The topological polar surface area (TPSA) is 26.8 Å². The molecular weight excluding hydrogens is 286 g/mol. The normalized spacial score (nSPS) is 16.0. The number of rotatable bonds is 5. The minimum Gasteiger partial charge on any atom is -0.369 e. The highest BCUT2D eigenvalue weighted by Gasteiger charge is 2.20. The van der Waals surface area contributed by atoms with E-state index in [1.807, 2.05) is 36.9 Å². The first kappa shape index (κ1) is 16.1. The molecule has 1 aromatic carbocycles. The first-order chi connectivity index (χ1) is 10.1. The fourth-order valence-electron chi connectivity index (χ4n) is 2.70. The van der Waals surface area contributed by atoms with Gasteiger partial charge in [-0.25, -0.2) is 0 Å². The minimum absolute atomic E-state index is 0.233. The molecule has 1 heterocycles. The van der Waals surface area contributed by atoms with Crippen molar-refractivity contribution in [2.45, 2.75) is 13.8 Å². The molecule has 0 atom stereocenters. The zero-order chi connectivity index (χ0) is 15.2. The van der Waals surface area contributed by atoms with Crippen molar-refractivity contribution in [3.63, 3.8) is 0 Å². The van der Waals surface area contributed by atoms with Crippen molar-refractivity contribution < 1.29 is 4.79 Å². The van der Waals surface area contributed by atoms with Gasteiger partial charge in [0.05, 0.1) is 6.54 Å². The molecule has 1 aliphatic heterocycles. The van der Waals surface area contributed by atoms with Crippen molar-refractivity contribution in [1.82, 2.24) is 9.80 Å². The van der Waals surface area contributed by atoms with Crippen molar-refractivity contribution in [3.8, 4) is 0 Å². The van der Waals surface area contributed by atoms with Crippen LogP contribution in [0.1, 0.15) is 13.8 Å². The molecule has 0 aliphatic carbocycles. The second-order valence-electron chi connectivity index (χ2n) is 5.31. The van der Waals surface area contributed by atoms with E-state index in [-0.39, 0.29) is 5.91 Å². The third-order valence-corrected chi connectivity index (χ3v) is 4.26. The molecule has 1 amide bonds. The lowest BCUT2D eigenvalue weighted by molar-refractivity contribution is -0.132. The van der Waals surface area contributed by atoms with Gasteiger partial charge in [0.1, 0.15) is 0 Å². The van der Waals surface area contributed by atoms with Gasteiger partial charge >= 0.3 is 0 Å². The Morgan fingerprint density at radius 3 is 2.43 bits per heavy atom. The van der Waals surface area contributed by atoms with Crippen molar-refractivity contribution in [1.29, 1.82) is 0 Å². The summed E-state index contributed by atoms with van der Waals surface area (Å²) in [4.78, 5) is 18.6. The molecule has 0 aromatic heterocycles. The Morgan fingerprint density at radius 2 is 1.86 bits per heavy atom. The number of hydrogen-bond acceptors (Lipinski definition) is 3. The van der Waals surface area contributed by atoms with Crippen LogP contribution in [0.2, 0.25) is 5.02 Å². The molecule has 0 spiro atoms. The second-order valence-corrected chi connectivity index (χ2v) is 5.75. The van der Waals surface area contributed by atoms with E-state index < -0.39 is 0 Å². The van der Waals surface area contributed by atoms with E-state index in [2.05, 4.69) is 15.9 Å². The molecule has 1 aromatic rings. The van der Waals surface area contributed by atoms with Gasteiger partial charge in [-0.15, -0.1) is 0 Å². The zero-order valence-electron chi connectivity index (χ0n) is 12.9. The Kier molecular flexibility index (Phi) is 5.88. The van der Waals surface area contributed by atoms with E-state index in [9.17, 15) is 4.79 Å². The fraction of sp³-hybridized carbons (Fsp3) is 0.562. The van der Waals surface area contributed by atoms with E-state index in [1.165, 1.54) is 0 Å². The van der Waals surface area contributed by atoms with E-state index >= 15 is 0 Å². The summed E-state index contributed by atoms with van der Waals surface area (Å²) in [5.74, 6) is 0.233. The molecule has 2 rings (SSSR count). The minimum atomic E-state index is 0.233. The Bertz CT molecular complexity index is 468. The van der Waals surface area contributed by atoms with Crippen LogP contribution in [0.15, 0.2) is 24.3 Å². The van der Waals surface area contributed by atoms with E-state index in [0.717, 1.165) is 50.0 Å². The molecule has 4 nitrogen and oxygen atoms in total. The van der Waals surface area contributed by atoms with Crippen LogP contribution >= 0.6 is 11.6 Å². The number of carbonyl (C=O) groups is 1. The van der Waals surface area contributed by atoms with Gasteiger partial charge in [-0.2, -0.15) is 0 Å². The van der Waals surface area contributed by atoms with E-state index in [4.69, 9.17) is 11.6 Å². The summed E-state index contributed by atoms with van der Waals surface area (Å²) in [7, 11) is 0. The third-order valence-electron chi connectivity index (χ3n) is 4.02. The number of likely N-dealkylation sites (N-methyl/N-ethyl adjacent to an activating group) is 1. The van der Waals surface area contributed by atoms with Gasteiger partial charge in [0, 0.05) is 50.0 Å². The quantitative estimate of drug-likeness (QED) is 0.835. The monoisotopic (exact) mass is 309 g/mol. The Morgan fingerprint density at radius 1 is 1.19 bits per heavy atom. The Hall–Kier alpha value is -1.26. The van der Waals surface area contributed by atoms with Crippen molar-refractivity contribution in [3.05, 3.63) is 29.3 Å². The molecule has 0 unspecified atom stereocenters. The standard InChI is InChI=1S/C16H24ClN3O/c1-3-19(4-2)16(21)13-18-8-10-20(11-9-18)15-7-5-6-14(17)12-15/h5-7,12H,3-4,8-11,13H2,1-2H3. The van der Waals surface area contributed by atoms with Crippen molar-refractivity contribution >= 4 is 23.2 Å². The number of nitrogens with zero attached hydrogens (tertiary/aromatic N) is 3. The molecule has 0 bridgehead atoms. The summed E-state index contributed by atoms with van der Waals surface area (Å²) in [5, 5.41) is 0.770. The molecule has 0 N–H and O–H groups in total. The lowest BCUT2D eigenvalue weighted by atomic mass is 10.2. The number of hydrogen-bond donors (Lipinski definition) is 0. The first-order valence-electron chi connectivity index (χ1n) is 7.64. The number of amides is 1. The summed E-state index contributed by atoms with van der Waals surface area (Å²) in [6, 6.07) is 7.96. The second kappa shape index (κ2) is 7.66. The predicted molar refractivity (Wildman–Crippen MR) is 88.0 cm³/mol. The number of benzene rings is 1. The summed E-state index contributed by atoms with van der Waals surface area (Å²) in [6.45, 7) is 9.87. The number of piperazine rings is 1. The molecule has 21 heavy (non-hydrogen) atoms. The molecule has 1 saturated heterocycles. The molecule has 1 fully saturated rings. The maximum atomic E-state index is 12.1. The maximum absolute atomic E-state index is 12.1. The van der Waals surface area contributed by atoms with E-state index in [1.54, 1.807) is 0 Å². The smallest absolute Gasteiger partial charge is 0.236 e. The number of halogens is 1. The Labute approximate surface area is 132 Å². The van der Waals surface area contributed by atoms with Gasteiger partial charge < -0.3 is 9.80 Å². The maximum Gasteiger partial charge on any atom is 0.236 e. The fourth-order valence-corrected chi connectivity index (χ4v) is 2.89. The highest BCUT2D eigenvalue weighted by molar-refractivity contribution is 6.30. The first-order valence-corrected chi connectivity index (χ1v) is 8.02. The molecule has 116 valence electrons. The molecule has 0 saturated carbocycles. The molecule has 5 heteroatoms. The highest BCUT2D eigenvalue weighted by atomic mass is 35.5.